The highest BCUT2D eigenvalue weighted by atomic mass is 35.5. The Balaban J connectivity index is 1.67. The molecule has 0 fully saturated rings. The van der Waals surface area contributed by atoms with Gasteiger partial charge in [-0.25, -0.2) is 0 Å². The minimum atomic E-state index is 0.0306. The van der Waals surface area contributed by atoms with Gasteiger partial charge in [-0.15, -0.1) is 0 Å². The maximum absolute atomic E-state index is 6.21. The average molecular weight is 329 g/mol. The number of halogens is 1. The summed E-state index contributed by atoms with van der Waals surface area (Å²) in [5.74, 6) is 0. The molecular formula is C19H21ClN2O. The summed E-state index contributed by atoms with van der Waals surface area (Å²) in [6.45, 7) is 2.30. The highest BCUT2D eigenvalue weighted by molar-refractivity contribution is 6.30. The Kier molecular flexibility index (Phi) is 5.21. The van der Waals surface area contributed by atoms with Gasteiger partial charge in [0.25, 0.3) is 0 Å². The lowest BCUT2D eigenvalue weighted by Crippen LogP contribution is -2.28. The van der Waals surface area contributed by atoms with Crippen molar-refractivity contribution in [3.05, 3.63) is 83.1 Å². The molecule has 1 aliphatic heterocycles. The predicted molar refractivity (Wildman–Crippen MR) is 93.9 cm³/mol. The van der Waals surface area contributed by atoms with Crippen molar-refractivity contribution in [2.75, 3.05) is 20.3 Å². The number of hydrogen-bond acceptors (Lipinski definition) is 3. The summed E-state index contributed by atoms with van der Waals surface area (Å²) in [6.07, 6.45) is 4.23. The van der Waals surface area contributed by atoms with E-state index < -0.39 is 0 Å². The molecule has 0 spiro atoms. The second kappa shape index (κ2) is 7.53. The molecule has 3 nitrogen and oxygen atoms in total. The van der Waals surface area contributed by atoms with E-state index in [1.54, 1.807) is 0 Å². The smallest absolute Gasteiger partial charge is 0.100 e. The second-order valence-electron chi connectivity index (χ2n) is 5.80. The largest absolute Gasteiger partial charge is 0.367 e. The molecule has 1 aliphatic rings. The molecule has 0 saturated heterocycles. The van der Waals surface area contributed by atoms with E-state index in [2.05, 4.69) is 53.5 Å². The van der Waals surface area contributed by atoms with Crippen LogP contribution in [0.25, 0.3) is 0 Å². The first kappa shape index (κ1) is 15.9. The standard InChI is InChI=1S/C19H21ClN2O/c1-21-11-12-22(15-21)13-19(17-5-3-2-4-6-17)23-14-16-7-9-18(20)10-8-16/h2-12,19H,13-15H2,1H3. The molecule has 2 aromatic rings. The third kappa shape index (κ3) is 4.50. The summed E-state index contributed by atoms with van der Waals surface area (Å²) in [5, 5.41) is 0.749. The van der Waals surface area contributed by atoms with E-state index in [1.807, 2.05) is 30.3 Å². The molecular weight excluding hydrogens is 308 g/mol. The average Bonchev–Trinajstić information content (AvgIpc) is 2.99. The number of ether oxygens (including phenoxy) is 1. The van der Waals surface area contributed by atoms with Crippen LogP contribution in [0.15, 0.2) is 67.0 Å². The van der Waals surface area contributed by atoms with E-state index in [4.69, 9.17) is 16.3 Å². The number of benzene rings is 2. The van der Waals surface area contributed by atoms with E-state index in [1.165, 1.54) is 5.56 Å². The van der Waals surface area contributed by atoms with E-state index in [9.17, 15) is 0 Å². The minimum Gasteiger partial charge on any atom is -0.367 e. The molecule has 0 aromatic heterocycles. The molecule has 0 N–H and O–H groups in total. The Morgan fingerprint density at radius 2 is 1.78 bits per heavy atom. The quantitative estimate of drug-likeness (QED) is 0.787. The van der Waals surface area contributed by atoms with Crippen LogP contribution in [-0.2, 0) is 11.3 Å². The fourth-order valence-electron chi connectivity index (χ4n) is 2.62. The lowest BCUT2D eigenvalue weighted by Gasteiger charge is -2.25. The van der Waals surface area contributed by atoms with Crippen molar-refractivity contribution in [1.29, 1.82) is 0 Å². The molecule has 0 aliphatic carbocycles. The van der Waals surface area contributed by atoms with Crippen LogP contribution in [0.5, 0.6) is 0 Å². The summed E-state index contributed by atoms with van der Waals surface area (Å²) in [7, 11) is 2.07. The third-order valence-corrected chi connectivity index (χ3v) is 4.12. The van der Waals surface area contributed by atoms with Gasteiger partial charge in [0.15, 0.2) is 0 Å². The molecule has 1 heterocycles. The van der Waals surface area contributed by atoms with E-state index >= 15 is 0 Å². The van der Waals surface area contributed by atoms with E-state index in [0.717, 1.165) is 23.8 Å². The van der Waals surface area contributed by atoms with Gasteiger partial charge in [0.05, 0.1) is 13.3 Å². The fraction of sp³-hybridized carbons (Fsp3) is 0.263. The zero-order valence-electron chi connectivity index (χ0n) is 13.2. The zero-order valence-corrected chi connectivity index (χ0v) is 14.0. The Hall–Kier alpha value is -1.97. The molecule has 0 radical (unpaired) electrons. The van der Waals surface area contributed by atoms with E-state index in [0.29, 0.717) is 6.61 Å². The summed E-state index contributed by atoms with van der Waals surface area (Å²) in [6, 6.07) is 18.2. The van der Waals surface area contributed by atoms with Crippen molar-refractivity contribution in [3.8, 4) is 0 Å². The van der Waals surface area contributed by atoms with Crippen LogP contribution >= 0.6 is 11.6 Å². The minimum absolute atomic E-state index is 0.0306. The van der Waals surface area contributed by atoms with Crippen molar-refractivity contribution in [1.82, 2.24) is 9.80 Å². The number of hydrogen-bond donors (Lipinski definition) is 0. The molecule has 23 heavy (non-hydrogen) atoms. The molecule has 4 heteroatoms. The third-order valence-electron chi connectivity index (χ3n) is 3.87. The van der Waals surface area contributed by atoms with Gasteiger partial charge in [0.2, 0.25) is 0 Å². The van der Waals surface area contributed by atoms with Crippen molar-refractivity contribution >= 4 is 11.6 Å². The molecule has 2 aromatic carbocycles. The topological polar surface area (TPSA) is 15.7 Å². The van der Waals surface area contributed by atoms with Gasteiger partial charge in [-0.05, 0) is 23.3 Å². The predicted octanol–water partition coefficient (Wildman–Crippen LogP) is 4.27. The van der Waals surface area contributed by atoms with Gasteiger partial charge >= 0.3 is 0 Å². The second-order valence-corrected chi connectivity index (χ2v) is 6.24. The molecule has 1 atom stereocenters. The Bertz CT molecular complexity index is 642. The van der Waals surface area contributed by atoms with Crippen LogP contribution in [0, 0.1) is 0 Å². The monoisotopic (exact) mass is 328 g/mol. The first-order valence-corrected chi connectivity index (χ1v) is 8.12. The number of nitrogens with zero attached hydrogens (tertiary/aromatic N) is 2. The van der Waals surface area contributed by atoms with Crippen molar-refractivity contribution in [2.24, 2.45) is 0 Å². The van der Waals surface area contributed by atoms with Crippen LogP contribution in [0.4, 0.5) is 0 Å². The van der Waals surface area contributed by atoms with Crippen molar-refractivity contribution < 1.29 is 4.74 Å². The fourth-order valence-corrected chi connectivity index (χ4v) is 2.75. The Labute approximate surface area is 142 Å². The van der Waals surface area contributed by atoms with Crippen LogP contribution in [0.3, 0.4) is 0 Å². The zero-order chi connectivity index (χ0) is 16.1. The summed E-state index contributed by atoms with van der Waals surface area (Å²) >= 11 is 5.94. The molecule has 0 bridgehead atoms. The normalized spacial score (nSPS) is 15.2. The van der Waals surface area contributed by atoms with Gasteiger partial charge < -0.3 is 14.5 Å². The van der Waals surface area contributed by atoms with Gasteiger partial charge in [-0.2, -0.15) is 0 Å². The molecule has 120 valence electrons. The first-order valence-electron chi connectivity index (χ1n) is 7.74. The van der Waals surface area contributed by atoms with Gasteiger partial charge in [-0.3, -0.25) is 0 Å². The summed E-state index contributed by atoms with van der Waals surface area (Å²) in [4.78, 5) is 4.42. The highest BCUT2D eigenvalue weighted by Crippen LogP contribution is 2.22. The maximum atomic E-state index is 6.21. The number of rotatable bonds is 6. The van der Waals surface area contributed by atoms with Crippen LogP contribution in [0.1, 0.15) is 17.2 Å². The van der Waals surface area contributed by atoms with Crippen LogP contribution < -0.4 is 0 Å². The van der Waals surface area contributed by atoms with Crippen LogP contribution in [0.2, 0.25) is 5.02 Å². The Morgan fingerprint density at radius 3 is 2.43 bits per heavy atom. The van der Waals surface area contributed by atoms with E-state index in [-0.39, 0.29) is 6.10 Å². The highest BCUT2D eigenvalue weighted by Gasteiger charge is 2.18. The Morgan fingerprint density at radius 1 is 1.04 bits per heavy atom. The summed E-state index contributed by atoms with van der Waals surface area (Å²) in [5.41, 5.74) is 2.33. The summed E-state index contributed by atoms with van der Waals surface area (Å²) < 4.78 is 6.21. The molecule has 0 saturated carbocycles. The lowest BCUT2D eigenvalue weighted by atomic mass is 10.1. The van der Waals surface area contributed by atoms with Gasteiger partial charge in [-0.1, -0.05) is 54.1 Å². The SMILES string of the molecule is CN1C=CN(CC(OCc2ccc(Cl)cc2)c2ccccc2)C1. The van der Waals surface area contributed by atoms with Crippen molar-refractivity contribution in [3.63, 3.8) is 0 Å². The van der Waals surface area contributed by atoms with Gasteiger partial charge in [0, 0.05) is 31.0 Å². The maximum Gasteiger partial charge on any atom is 0.100 e. The first-order chi connectivity index (χ1) is 11.2. The molecule has 3 rings (SSSR count). The van der Waals surface area contributed by atoms with Crippen LogP contribution in [-0.4, -0.2) is 30.1 Å². The lowest BCUT2D eigenvalue weighted by molar-refractivity contribution is 0.0203. The van der Waals surface area contributed by atoms with Crippen molar-refractivity contribution in [2.45, 2.75) is 12.7 Å². The molecule has 0 amide bonds. The molecule has 1 unspecified atom stereocenters. The van der Waals surface area contributed by atoms with Gasteiger partial charge in [0.1, 0.15) is 6.10 Å².